The minimum atomic E-state index is 0.280. The van der Waals surface area contributed by atoms with Crippen molar-refractivity contribution in [3.63, 3.8) is 0 Å². The van der Waals surface area contributed by atoms with Crippen molar-refractivity contribution < 1.29 is 0 Å². The zero-order chi connectivity index (χ0) is 15.0. The summed E-state index contributed by atoms with van der Waals surface area (Å²) in [6.07, 6.45) is 0.975. The van der Waals surface area contributed by atoms with E-state index in [1.165, 1.54) is 4.88 Å². The quantitative estimate of drug-likeness (QED) is 0.609. The summed E-state index contributed by atoms with van der Waals surface area (Å²) >= 11 is 8.64. The van der Waals surface area contributed by atoms with E-state index >= 15 is 0 Å². The monoisotopic (exact) mass is 426 g/mol. The molecule has 3 N–H and O–H groups in total. The maximum absolute atomic E-state index is 5.82. The van der Waals surface area contributed by atoms with Crippen molar-refractivity contribution >= 4 is 70.9 Å². The summed E-state index contributed by atoms with van der Waals surface area (Å²) < 4.78 is 1.96. The van der Waals surface area contributed by atoms with E-state index in [1.807, 2.05) is 18.2 Å². The maximum atomic E-state index is 5.82. The maximum Gasteiger partial charge on any atom is 0.223 e. The summed E-state index contributed by atoms with van der Waals surface area (Å²) in [4.78, 5) is 10.8. The summed E-state index contributed by atoms with van der Waals surface area (Å²) in [5.41, 5.74) is 6.75. The van der Waals surface area contributed by atoms with Crippen molar-refractivity contribution in [2.75, 3.05) is 11.1 Å². The molecule has 0 spiro atoms. The van der Waals surface area contributed by atoms with Gasteiger partial charge in [-0.1, -0.05) is 22.9 Å². The molecule has 0 aliphatic rings. The van der Waals surface area contributed by atoms with Crippen LogP contribution in [0.25, 0.3) is 10.2 Å². The fraction of sp³-hybridized carbons (Fsp3) is 0.143. The van der Waals surface area contributed by atoms with Gasteiger partial charge in [0.1, 0.15) is 10.6 Å². The molecular weight excluding hydrogens is 416 g/mol. The van der Waals surface area contributed by atoms with Crippen LogP contribution in [-0.4, -0.2) is 9.97 Å². The number of nitrogen functional groups attached to an aromatic ring is 1. The second kappa shape index (κ2) is 5.90. The second-order valence-electron chi connectivity index (χ2n) is 4.46. The molecule has 0 saturated heterocycles. The molecule has 7 heteroatoms. The number of nitrogens with zero attached hydrogens (tertiary/aromatic N) is 2. The molecule has 21 heavy (non-hydrogen) atoms. The van der Waals surface area contributed by atoms with Gasteiger partial charge in [-0.25, -0.2) is 4.98 Å². The fourth-order valence-corrected chi connectivity index (χ4v) is 4.10. The van der Waals surface area contributed by atoms with Gasteiger partial charge in [0.25, 0.3) is 0 Å². The van der Waals surface area contributed by atoms with Gasteiger partial charge in [0.05, 0.1) is 11.1 Å². The van der Waals surface area contributed by atoms with E-state index in [-0.39, 0.29) is 5.95 Å². The van der Waals surface area contributed by atoms with Crippen LogP contribution in [0.2, 0.25) is 0 Å². The van der Waals surface area contributed by atoms with Crippen LogP contribution >= 0.6 is 43.2 Å². The van der Waals surface area contributed by atoms with E-state index in [1.54, 1.807) is 11.3 Å². The summed E-state index contributed by atoms with van der Waals surface area (Å²) in [6, 6.07) is 8.05. The number of aromatic nitrogens is 2. The Labute approximate surface area is 143 Å². The van der Waals surface area contributed by atoms with Crippen LogP contribution in [0.15, 0.2) is 33.2 Å². The molecule has 0 amide bonds. The Balaban J connectivity index is 2.08. The molecule has 3 aromatic rings. The van der Waals surface area contributed by atoms with Gasteiger partial charge in [-0.2, -0.15) is 4.98 Å². The van der Waals surface area contributed by atoms with E-state index in [9.17, 15) is 0 Å². The number of thiophene rings is 1. The Bertz CT molecular complexity index is 816. The normalized spacial score (nSPS) is 11.0. The van der Waals surface area contributed by atoms with Crippen LogP contribution in [0.4, 0.5) is 17.5 Å². The van der Waals surface area contributed by atoms with Crippen molar-refractivity contribution in [1.29, 1.82) is 0 Å². The summed E-state index contributed by atoms with van der Waals surface area (Å²) in [7, 11) is 0. The first-order valence-electron chi connectivity index (χ1n) is 6.35. The lowest BCUT2D eigenvalue weighted by Crippen LogP contribution is -2.00. The van der Waals surface area contributed by atoms with Gasteiger partial charge >= 0.3 is 0 Å². The fourth-order valence-electron chi connectivity index (χ4n) is 1.98. The van der Waals surface area contributed by atoms with Gasteiger partial charge in [0.2, 0.25) is 5.95 Å². The average molecular weight is 428 g/mol. The zero-order valence-corrected chi connectivity index (χ0v) is 15.1. The lowest BCUT2D eigenvalue weighted by molar-refractivity contribution is 1.19. The second-order valence-corrected chi connectivity index (χ2v) is 7.35. The number of anilines is 3. The lowest BCUT2D eigenvalue weighted by atomic mass is 10.3. The van der Waals surface area contributed by atoms with Gasteiger partial charge in [-0.05, 0) is 46.6 Å². The molecule has 1 aromatic carbocycles. The molecule has 0 atom stereocenters. The molecule has 0 fully saturated rings. The number of aryl methyl sites for hydroxylation is 1. The van der Waals surface area contributed by atoms with E-state index in [2.05, 4.69) is 60.1 Å². The third-order valence-corrected chi connectivity index (χ3v) is 5.32. The Kier molecular flexibility index (Phi) is 4.14. The standard InChI is InChI=1S/C14H12Br2N4S/c1-2-8-6-9-12(19-14(17)20-13(9)21-8)18-11-4-3-7(15)5-10(11)16/h3-6H,2H2,1H3,(H3,17,18,19,20). The van der Waals surface area contributed by atoms with Gasteiger partial charge in [-0.15, -0.1) is 11.3 Å². The van der Waals surface area contributed by atoms with Gasteiger partial charge in [-0.3, -0.25) is 0 Å². The van der Waals surface area contributed by atoms with Crippen molar-refractivity contribution in [3.05, 3.63) is 38.1 Å². The third-order valence-electron chi connectivity index (χ3n) is 2.99. The smallest absolute Gasteiger partial charge is 0.223 e. The number of fused-ring (bicyclic) bond motifs is 1. The molecule has 0 unspecified atom stereocenters. The first-order chi connectivity index (χ1) is 10.1. The van der Waals surface area contributed by atoms with E-state index in [0.717, 1.165) is 37.1 Å². The van der Waals surface area contributed by atoms with Crippen LogP contribution in [0.5, 0.6) is 0 Å². The highest BCUT2D eigenvalue weighted by Crippen LogP contribution is 2.34. The Morgan fingerprint density at radius 2 is 2.05 bits per heavy atom. The molecule has 2 aromatic heterocycles. The topological polar surface area (TPSA) is 63.8 Å². The number of hydrogen-bond acceptors (Lipinski definition) is 5. The van der Waals surface area contributed by atoms with Gasteiger partial charge in [0.15, 0.2) is 0 Å². The van der Waals surface area contributed by atoms with Crippen LogP contribution < -0.4 is 11.1 Å². The van der Waals surface area contributed by atoms with E-state index in [4.69, 9.17) is 5.73 Å². The number of hydrogen-bond donors (Lipinski definition) is 2. The Morgan fingerprint density at radius 3 is 2.76 bits per heavy atom. The number of rotatable bonds is 3. The molecule has 2 heterocycles. The van der Waals surface area contributed by atoms with Crippen LogP contribution in [0.1, 0.15) is 11.8 Å². The van der Waals surface area contributed by atoms with Crippen LogP contribution in [0.3, 0.4) is 0 Å². The molecular formula is C14H12Br2N4S. The molecule has 3 rings (SSSR count). The van der Waals surface area contributed by atoms with Crippen molar-refractivity contribution in [3.8, 4) is 0 Å². The predicted molar refractivity (Wildman–Crippen MR) is 96.3 cm³/mol. The number of halogens is 2. The lowest BCUT2D eigenvalue weighted by Gasteiger charge is -2.09. The number of nitrogens with one attached hydrogen (secondary N) is 1. The summed E-state index contributed by atoms with van der Waals surface area (Å²) in [6.45, 7) is 2.12. The predicted octanol–water partition coefficient (Wildman–Crippen LogP) is 5.10. The largest absolute Gasteiger partial charge is 0.368 e. The molecule has 0 bridgehead atoms. The average Bonchev–Trinajstić information content (AvgIpc) is 2.85. The highest BCUT2D eigenvalue weighted by Gasteiger charge is 2.11. The van der Waals surface area contributed by atoms with Gasteiger partial charge in [0, 0.05) is 13.8 Å². The highest BCUT2D eigenvalue weighted by atomic mass is 79.9. The molecule has 0 saturated carbocycles. The van der Waals surface area contributed by atoms with E-state index in [0.29, 0.717) is 0 Å². The minimum Gasteiger partial charge on any atom is -0.368 e. The molecule has 4 nitrogen and oxygen atoms in total. The first-order valence-corrected chi connectivity index (χ1v) is 8.75. The summed E-state index contributed by atoms with van der Waals surface area (Å²) in [5, 5.41) is 4.33. The molecule has 108 valence electrons. The molecule has 0 aliphatic carbocycles. The Morgan fingerprint density at radius 1 is 1.24 bits per heavy atom. The minimum absolute atomic E-state index is 0.280. The zero-order valence-electron chi connectivity index (χ0n) is 11.2. The number of benzene rings is 1. The van der Waals surface area contributed by atoms with Crippen molar-refractivity contribution in [2.45, 2.75) is 13.3 Å². The van der Waals surface area contributed by atoms with Crippen LogP contribution in [0, 0.1) is 0 Å². The van der Waals surface area contributed by atoms with Crippen molar-refractivity contribution in [1.82, 2.24) is 9.97 Å². The van der Waals surface area contributed by atoms with Gasteiger partial charge < -0.3 is 11.1 Å². The summed E-state index contributed by atoms with van der Waals surface area (Å²) in [5.74, 6) is 1.01. The highest BCUT2D eigenvalue weighted by molar-refractivity contribution is 9.11. The van der Waals surface area contributed by atoms with Crippen molar-refractivity contribution in [2.24, 2.45) is 0 Å². The third kappa shape index (κ3) is 3.04. The van der Waals surface area contributed by atoms with E-state index < -0.39 is 0 Å². The Hall–Kier alpha value is -1.18. The first kappa shape index (κ1) is 14.7. The molecule has 0 aliphatic heterocycles. The van der Waals surface area contributed by atoms with Crippen LogP contribution in [-0.2, 0) is 6.42 Å². The SMILES string of the molecule is CCc1cc2c(Nc3ccc(Br)cc3Br)nc(N)nc2s1. The molecule has 0 radical (unpaired) electrons. The number of nitrogens with two attached hydrogens (primary N) is 1.